The van der Waals surface area contributed by atoms with Gasteiger partial charge >= 0.3 is 0 Å². The van der Waals surface area contributed by atoms with E-state index in [0.717, 1.165) is 5.92 Å². The number of nitrogens with one attached hydrogen (secondary N) is 1. The molecule has 2 fully saturated rings. The van der Waals surface area contributed by atoms with E-state index in [9.17, 15) is 0 Å². The molecule has 13 heavy (non-hydrogen) atoms. The highest BCUT2D eigenvalue weighted by Crippen LogP contribution is 2.36. The van der Waals surface area contributed by atoms with Gasteiger partial charge in [-0.3, -0.25) is 0 Å². The van der Waals surface area contributed by atoms with E-state index < -0.39 is 0 Å². The van der Waals surface area contributed by atoms with Crippen LogP contribution < -0.4 is 5.32 Å². The van der Waals surface area contributed by atoms with E-state index in [-0.39, 0.29) is 0 Å². The van der Waals surface area contributed by atoms with Crippen molar-refractivity contribution in [2.45, 2.75) is 63.8 Å². The predicted molar refractivity (Wildman–Crippen MR) is 56.8 cm³/mol. The van der Waals surface area contributed by atoms with E-state index >= 15 is 0 Å². The number of rotatable bonds is 1. The Hall–Kier alpha value is -0.0400. The van der Waals surface area contributed by atoms with Crippen molar-refractivity contribution in [1.29, 1.82) is 0 Å². The molecule has 2 atom stereocenters. The van der Waals surface area contributed by atoms with Gasteiger partial charge in [-0.2, -0.15) is 0 Å². The molecule has 0 bridgehead atoms. The summed E-state index contributed by atoms with van der Waals surface area (Å²) in [6.07, 6.45) is 11.6. The molecule has 1 heterocycles. The molecule has 1 spiro atoms. The minimum atomic E-state index is 0.587. The summed E-state index contributed by atoms with van der Waals surface area (Å²) in [6.45, 7) is 3.63. The van der Waals surface area contributed by atoms with Crippen LogP contribution in [0.5, 0.6) is 0 Å². The number of hydrogen-bond donors (Lipinski definition) is 1. The lowest BCUT2D eigenvalue weighted by molar-refractivity contribution is 0.322. The fraction of sp³-hybridized carbons (Fsp3) is 1.00. The topological polar surface area (TPSA) is 12.0 Å². The molecule has 2 rings (SSSR count). The summed E-state index contributed by atoms with van der Waals surface area (Å²) >= 11 is 0. The lowest BCUT2D eigenvalue weighted by Gasteiger charge is -2.28. The van der Waals surface area contributed by atoms with Gasteiger partial charge in [0, 0.05) is 5.54 Å². The predicted octanol–water partition coefficient (Wildman–Crippen LogP) is 3.10. The molecule has 1 saturated heterocycles. The van der Waals surface area contributed by atoms with Crippen molar-refractivity contribution in [2.24, 2.45) is 5.92 Å². The van der Waals surface area contributed by atoms with Gasteiger partial charge < -0.3 is 5.32 Å². The van der Waals surface area contributed by atoms with Crippen LogP contribution in [0, 0.1) is 5.92 Å². The second-order valence-corrected chi connectivity index (χ2v) is 5.02. The van der Waals surface area contributed by atoms with Crippen LogP contribution in [0.4, 0.5) is 0 Å². The van der Waals surface area contributed by atoms with Crippen molar-refractivity contribution in [3.8, 4) is 0 Å². The van der Waals surface area contributed by atoms with E-state index in [1.54, 1.807) is 0 Å². The zero-order valence-electron chi connectivity index (χ0n) is 8.94. The molecule has 1 N–H and O–H groups in total. The van der Waals surface area contributed by atoms with E-state index in [1.807, 2.05) is 0 Å². The maximum atomic E-state index is 3.76. The summed E-state index contributed by atoms with van der Waals surface area (Å²) in [6, 6.07) is 0. The van der Waals surface area contributed by atoms with Crippen molar-refractivity contribution in [3.05, 3.63) is 0 Å². The Morgan fingerprint density at radius 1 is 1.15 bits per heavy atom. The highest BCUT2D eigenvalue weighted by Gasteiger charge is 2.34. The van der Waals surface area contributed by atoms with Gasteiger partial charge in [-0.25, -0.2) is 0 Å². The Kier molecular flexibility index (Phi) is 2.92. The molecule has 76 valence electrons. The summed E-state index contributed by atoms with van der Waals surface area (Å²) in [4.78, 5) is 0. The van der Waals surface area contributed by atoms with Crippen LogP contribution in [-0.2, 0) is 0 Å². The molecule has 0 radical (unpaired) electrons. The fourth-order valence-electron chi connectivity index (χ4n) is 3.18. The van der Waals surface area contributed by atoms with Crippen molar-refractivity contribution in [3.63, 3.8) is 0 Å². The molecule has 1 saturated carbocycles. The van der Waals surface area contributed by atoms with Gasteiger partial charge in [-0.1, -0.05) is 26.2 Å². The standard InChI is InChI=1S/C12H23N/c1-2-11-5-3-7-12(9-6-11)8-4-10-13-12/h11,13H,2-10H2,1H3. The first-order valence-electron chi connectivity index (χ1n) is 6.10. The molecule has 1 aliphatic heterocycles. The Morgan fingerprint density at radius 3 is 2.69 bits per heavy atom. The highest BCUT2D eigenvalue weighted by atomic mass is 15.0. The molecule has 0 amide bonds. The summed E-state index contributed by atoms with van der Waals surface area (Å²) in [5, 5.41) is 3.76. The van der Waals surface area contributed by atoms with Gasteiger partial charge in [-0.15, -0.1) is 0 Å². The van der Waals surface area contributed by atoms with E-state index in [1.165, 1.54) is 57.9 Å². The molecule has 1 aliphatic carbocycles. The van der Waals surface area contributed by atoms with Crippen LogP contribution in [0.15, 0.2) is 0 Å². The molecule has 2 unspecified atom stereocenters. The Balaban J connectivity index is 1.93. The lowest BCUT2D eigenvalue weighted by atomic mass is 9.88. The van der Waals surface area contributed by atoms with Gasteiger partial charge in [0.05, 0.1) is 0 Å². The smallest absolute Gasteiger partial charge is 0.0182 e. The fourth-order valence-corrected chi connectivity index (χ4v) is 3.18. The first-order chi connectivity index (χ1) is 6.35. The van der Waals surface area contributed by atoms with Crippen LogP contribution in [0.3, 0.4) is 0 Å². The summed E-state index contributed by atoms with van der Waals surface area (Å²) < 4.78 is 0. The average Bonchev–Trinajstić information content (AvgIpc) is 2.49. The van der Waals surface area contributed by atoms with E-state index in [4.69, 9.17) is 0 Å². The maximum absolute atomic E-state index is 3.76. The third-order valence-corrected chi connectivity index (χ3v) is 4.21. The average molecular weight is 181 g/mol. The Labute approximate surface area is 82.3 Å². The second-order valence-electron chi connectivity index (χ2n) is 5.02. The van der Waals surface area contributed by atoms with Crippen molar-refractivity contribution in [1.82, 2.24) is 5.32 Å². The first-order valence-corrected chi connectivity index (χ1v) is 6.10. The molecular weight excluding hydrogens is 158 g/mol. The SMILES string of the molecule is CCC1CCCC2(CCCN2)CC1. The molecule has 1 heteroatoms. The largest absolute Gasteiger partial charge is 0.311 e. The van der Waals surface area contributed by atoms with Crippen molar-refractivity contribution < 1.29 is 0 Å². The zero-order valence-corrected chi connectivity index (χ0v) is 8.94. The molecule has 0 aromatic heterocycles. The molecule has 0 aromatic rings. The Morgan fingerprint density at radius 2 is 2.00 bits per heavy atom. The molecular formula is C12H23N. The second kappa shape index (κ2) is 4.00. The molecule has 2 aliphatic rings. The third kappa shape index (κ3) is 2.07. The minimum Gasteiger partial charge on any atom is -0.311 e. The monoisotopic (exact) mass is 181 g/mol. The summed E-state index contributed by atoms with van der Waals surface area (Å²) in [5.41, 5.74) is 0.587. The molecule has 1 nitrogen and oxygen atoms in total. The Bertz CT molecular complexity index is 159. The lowest BCUT2D eigenvalue weighted by Crippen LogP contribution is -2.38. The zero-order chi connectivity index (χ0) is 9.15. The van der Waals surface area contributed by atoms with Crippen molar-refractivity contribution >= 4 is 0 Å². The highest BCUT2D eigenvalue weighted by molar-refractivity contribution is 4.94. The maximum Gasteiger partial charge on any atom is 0.0182 e. The molecule has 0 aromatic carbocycles. The van der Waals surface area contributed by atoms with Gasteiger partial charge in [-0.05, 0) is 44.6 Å². The van der Waals surface area contributed by atoms with Crippen molar-refractivity contribution in [2.75, 3.05) is 6.54 Å². The van der Waals surface area contributed by atoms with Crippen LogP contribution in [0.2, 0.25) is 0 Å². The number of hydrogen-bond acceptors (Lipinski definition) is 1. The summed E-state index contributed by atoms with van der Waals surface area (Å²) in [5.74, 6) is 1.03. The minimum absolute atomic E-state index is 0.587. The van der Waals surface area contributed by atoms with Crippen LogP contribution >= 0.6 is 0 Å². The van der Waals surface area contributed by atoms with Gasteiger partial charge in [0.25, 0.3) is 0 Å². The third-order valence-electron chi connectivity index (χ3n) is 4.21. The van der Waals surface area contributed by atoms with Gasteiger partial charge in [0.2, 0.25) is 0 Å². The summed E-state index contributed by atoms with van der Waals surface area (Å²) in [7, 11) is 0. The quantitative estimate of drug-likeness (QED) is 0.655. The van der Waals surface area contributed by atoms with Crippen LogP contribution in [-0.4, -0.2) is 12.1 Å². The van der Waals surface area contributed by atoms with Gasteiger partial charge in [0.15, 0.2) is 0 Å². The first kappa shape index (κ1) is 9.51. The van der Waals surface area contributed by atoms with E-state index in [0.29, 0.717) is 5.54 Å². The van der Waals surface area contributed by atoms with Crippen LogP contribution in [0.1, 0.15) is 58.3 Å². The van der Waals surface area contributed by atoms with Gasteiger partial charge in [0.1, 0.15) is 0 Å². The normalized spacial score (nSPS) is 40.8. The van der Waals surface area contributed by atoms with Crippen LogP contribution in [0.25, 0.3) is 0 Å². The van der Waals surface area contributed by atoms with E-state index in [2.05, 4.69) is 12.2 Å².